The average molecular weight is 419 g/mol. The topological polar surface area (TPSA) is 99.4 Å². The second-order valence-electron chi connectivity index (χ2n) is 6.18. The van der Waals surface area contributed by atoms with Crippen molar-refractivity contribution in [1.82, 2.24) is 9.38 Å². The number of aromatic nitrogens is 2. The van der Waals surface area contributed by atoms with Crippen LogP contribution in [-0.4, -0.2) is 41.8 Å². The van der Waals surface area contributed by atoms with Gasteiger partial charge in [-0.2, -0.15) is 4.98 Å². The van der Waals surface area contributed by atoms with Gasteiger partial charge in [-0.1, -0.05) is 17.7 Å². The summed E-state index contributed by atoms with van der Waals surface area (Å²) in [5.74, 6) is -0.965. The minimum Gasteiger partial charge on any atom is -0.493 e. The fraction of sp³-hybridized carbons (Fsp3) is 0.250. The predicted molar refractivity (Wildman–Crippen MR) is 106 cm³/mol. The van der Waals surface area contributed by atoms with Crippen LogP contribution in [0.4, 0.5) is 0 Å². The van der Waals surface area contributed by atoms with Gasteiger partial charge in [-0.3, -0.25) is 14.0 Å². The second kappa shape index (κ2) is 8.40. The highest BCUT2D eigenvalue weighted by atomic mass is 35.5. The summed E-state index contributed by atoms with van der Waals surface area (Å²) in [7, 11) is 4.22. The summed E-state index contributed by atoms with van der Waals surface area (Å²) in [6, 6.07) is 8.04. The Morgan fingerprint density at radius 3 is 2.55 bits per heavy atom. The largest absolute Gasteiger partial charge is 0.493 e. The molecule has 0 fully saturated rings. The molecular formula is C20H19ClN2O6. The van der Waals surface area contributed by atoms with Gasteiger partial charge in [0.1, 0.15) is 5.65 Å². The maximum Gasteiger partial charge on any atom is 0.306 e. The highest BCUT2D eigenvalue weighted by Crippen LogP contribution is 2.36. The smallest absolute Gasteiger partial charge is 0.306 e. The molecule has 0 radical (unpaired) electrons. The van der Waals surface area contributed by atoms with Crippen LogP contribution in [0.1, 0.15) is 23.5 Å². The molecule has 0 saturated carbocycles. The summed E-state index contributed by atoms with van der Waals surface area (Å²) < 4.78 is 16.6. The molecule has 0 saturated heterocycles. The number of hydrogen-bond acceptors (Lipinski definition) is 7. The van der Waals surface area contributed by atoms with E-state index in [2.05, 4.69) is 4.98 Å². The minimum absolute atomic E-state index is 0.0533. The number of carbonyl (C=O) groups is 1. The molecular weight excluding hydrogens is 400 g/mol. The molecule has 29 heavy (non-hydrogen) atoms. The second-order valence-corrected chi connectivity index (χ2v) is 6.61. The van der Waals surface area contributed by atoms with Crippen LogP contribution in [0.25, 0.3) is 5.65 Å². The van der Waals surface area contributed by atoms with Crippen molar-refractivity contribution >= 4 is 23.2 Å². The maximum atomic E-state index is 13.2. The van der Waals surface area contributed by atoms with Crippen LogP contribution < -0.4 is 15.0 Å². The molecule has 2 aromatic heterocycles. The molecule has 0 unspecified atom stereocenters. The van der Waals surface area contributed by atoms with Gasteiger partial charge in [0.2, 0.25) is 5.88 Å². The Morgan fingerprint density at radius 2 is 1.90 bits per heavy atom. The molecule has 8 nitrogen and oxygen atoms in total. The first kappa shape index (κ1) is 20.5. The molecule has 0 aliphatic heterocycles. The zero-order valence-corrected chi connectivity index (χ0v) is 16.8. The quantitative estimate of drug-likeness (QED) is 0.614. The number of pyridine rings is 1. The van der Waals surface area contributed by atoms with Crippen LogP contribution in [0.3, 0.4) is 0 Å². The van der Waals surface area contributed by atoms with Crippen molar-refractivity contribution in [3.05, 3.63) is 63.0 Å². The van der Waals surface area contributed by atoms with Crippen molar-refractivity contribution in [2.24, 2.45) is 0 Å². The molecule has 9 heteroatoms. The molecule has 0 aliphatic rings. The molecule has 0 bridgehead atoms. The van der Waals surface area contributed by atoms with E-state index in [1.807, 2.05) is 0 Å². The lowest BCUT2D eigenvalue weighted by atomic mass is 9.89. The van der Waals surface area contributed by atoms with Gasteiger partial charge in [0.05, 0.1) is 38.3 Å². The first-order valence-corrected chi connectivity index (χ1v) is 8.97. The van der Waals surface area contributed by atoms with Gasteiger partial charge >= 0.3 is 5.97 Å². The third-order valence-electron chi connectivity index (χ3n) is 4.56. The van der Waals surface area contributed by atoms with Crippen molar-refractivity contribution in [3.8, 4) is 17.4 Å². The molecule has 1 aromatic carbocycles. The number of carbonyl (C=O) groups excluding carboxylic acids is 1. The predicted octanol–water partition coefficient (Wildman–Crippen LogP) is 2.77. The van der Waals surface area contributed by atoms with E-state index in [-0.39, 0.29) is 17.6 Å². The van der Waals surface area contributed by atoms with Gasteiger partial charge in [-0.05, 0) is 29.8 Å². The van der Waals surface area contributed by atoms with Crippen LogP contribution in [-0.2, 0) is 9.53 Å². The number of ether oxygens (including phenoxy) is 3. The molecule has 2 heterocycles. The highest BCUT2D eigenvalue weighted by molar-refractivity contribution is 6.30. The Morgan fingerprint density at radius 1 is 1.17 bits per heavy atom. The van der Waals surface area contributed by atoms with Crippen molar-refractivity contribution in [3.63, 3.8) is 0 Å². The van der Waals surface area contributed by atoms with Gasteiger partial charge in [0.15, 0.2) is 11.5 Å². The van der Waals surface area contributed by atoms with Crippen molar-refractivity contribution < 1.29 is 24.1 Å². The number of halogens is 1. The summed E-state index contributed by atoms with van der Waals surface area (Å²) in [6.07, 6.45) is 1.21. The van der Waals surface area contributed by atoms with Crippen molar-refractivity contribution in [1.29, 1.82) is 0 Å². The first-order chi connectivity index (χ1) is 13.9. The van der Waals surface area contributed by atoms with E-state index in [4.69, 9.17) is 25.8 Å². The number of nitrogens with zero attached hydrogens (tertiary/aromatic N) is 2. The highest BCUT2D eigenvalue weighted by Gasteiger charge is 2.28. The summed E-state index contributed by atoms with van der Waals surface area (Å²) >= 11 is 6.00. The van der Waals surface area contributed by atoms with Crippen LogP contribution >= 0.6 is 11.6 Å². The summed E-state index contributed by atoms with van der Waals surface area (Å²) in [5, 5.41) is 10.9. The normalized spacial score (nSPS) is 11.9. The van der Waals surface area contributed by atoms with E-state index < -0.39 is 23.3 Å². The van der Waals surface area contributed by atoms with E-state index in [9.17, 15) is 14.7 Å². The zero-order chi connectivity index (χ0) is 21.1. The number of aromatic hydroxyl groups is 1. The van der Waals surface area contributed by atoms with Gasteiger partial charge in [0.25, 0.3) is 5.56 Å². The lowest BCUT2D eigenvalue weighted by molar-refractivity contribution is -0.140. The molecule has 1 N–H and O–H groups in total. The first-order valence-electron chi connectivity index (χ1n) is 8.59. The zero-order valence-electron chi connectivity index (χ0n) is 16.0. The van der Waals surface area contributed by atoms with Crippen LogP contribution in [0.5, 0.6) is 17.4 Å². The molecule has 1 atom stereocenters. The van der Waals surface area contributed by atoms with E-state index in [1.54, 1.807) is 24.3 Å². The van der Waals surface area contributed by atoms with Crippen LogP contribution in [0, 0.1) is 0 Å². The summed E-state index contributed by atoms with van der Waals surface area (Å²) in [6.45, 7) is 0. The molecule has 0 spiro atoms. The van der Waals surface area contributed by atoms with Gasteiger partial charge in [-0.25, -0.2) is 0 Å². The Kier molecular flexibility index (Phi) is 5.93. The number of methoxy groups -OCH3 is 3. The molecule has 0 amide bonds. The van der Waals surface area contributed by atoms with Crippen molar-refractivity contribution in [2.75, 3.05) is 21.3 Å². The third kappa shape index (κ3) is 3.97. The molecule has 3 aromatic rings. The Labute approximate surface area is 171 Å². The van der Waals surface area contributed by atoms with Crippen molar-refractivity contribution in [2.45, 2.75) is 12.3 Å². The van der Waals surface area contributed by atoms with E-state index in [0.29, 0.717) is 22.1 Å². The van der Waals surface area contributed by atoms with E-state index in [0.717, 1.165) is 0 Å². The SMILES string of the molecule is COC(=O)C[C@@H](c1ccc(OC)c(OC)c1)c1c(O)nc2ccc(Cl)cn2c1=O. The lowest BCUT2D eigenvalue weighted by Gasteiger charge is -2.19. The van der Waals surface area contributed by atoms with Gasteiger partial charge < -0.3 is 19.3 Å². The fourth-order valence-corrected chi connectivity index (χ4v) is 3.29. The Hall–Kier alpha value is -3.26. The lowest BCUT2D eigenvalue weighted by Crippen LogP contribution is -2.24. The van der Waals surface area contributed by atoms with Crippen LogP contribution in [0.15, 0.2) is 41.3 Å². The van der Waals surface area contributed by atoms with E-state index >= 15 is 0 Å². The number of fused-ring (bicyclic) bond motifs is 1. The minimum atomic E-state index is -0.835. The van der Waals surface area contributed by atoms with Crippen LogP contribution in [0.2, 0.25) is 5.02 Å². The van der Waals surface area contributed by atoms with Gasteiger partial charge in [-0.15, -0.1) is 0 Å². The fourth-order valence-electron chi connectivity index (χ4n) is 3.13. The number of hydrogen-bond donors (Lipinski definition) is 1. The summed E-state index contributed by atoms with van der Waals surface area (Å²) in [4.78, 5) is 29.3. The number of esters is 1. The number of benzene rings is 1. The Balaban J connectivity index is 2.25. The standard InChI is InChI=1S/C20H19ClN2O6/c1-27-14-6-4-11(8-15(14)28-2)13(9-17(24)29-3)18-19(25)22-16-7-5-12(21)10-23(16)20(18)26/h4-8,10,13,25H,9H2,1-3H3/t13-/m0/s1. The average Bonchev–Trinajstić information content (AvgIpc) is 2.72. The maximum absolute atomic E-state index is 13.2. The van der Waals surface area contributed by atoms with Gasteiger partial charge in [0, 0.05) is 12.1 Å². The molecule has 152 valence electrons. The summed E-state index contributed by atoms with van der Waals surface area (Å²) in [5.41, 5.74) is 0.176. The monoisotopic (exact) mass is 418 g/mol. The molecule has 0 aliphatic carbocycles. The third-order valence-corrected chi connectivity index (χ3v) is 4.78. The van der Waals surface area contributed by atoms with E-state index in [1.165, 1.54) is 38.0 Å². The Bertz CT molecular complexity index is 1130. The molecule has 3 rings (SSSR count). The number of rotatable bonds is 6.